The number of imidazole rings is 2. The molecule has 2 aromatic carbocycles. The van der Waals surface area contributed by atoms with E-state index in [0.29, 0.717) is 70.1 Å². The topological polar surface area (TPSA) is 156 Å². The zero-order valence-corrected chi connectivity index (χ0v) is 42.3. The number of dihydropyridines is 1. The second kappa shape index (κ2) is 16.5. The molecular weight excluding hydrogens is 926 g/mol. The Morgan fingerprint density at radius 2 is 1.47 bits per heavy atom. The number of methoxy groups -OCH3 is 2. The molecule has 6 aromatic rings. The molecule has 7 atom stereocenters. The maximum atomic E-state index is 16.3. The molecule has 14 rings (SSSR count). The summed E-state index contributed by atoms with van der Waals surface area (Å²) >= 11 is 0. The van der Waals surface area contributed by atoms with Crippen molar-refractivity contribution in [1.82, 2.24) is 63.9 Å². The molecule has 4 saturated carbocycles. The van der Waals surface area contributed by atoms with Crippen molar-refractivity contribution >= 4 is 50.6 Å². The van der Waals surface area contributed by atoms with Crippen molar-refractivity contribution in [3.63, 3.8) is 0 Å². The van der Waals surface area contributed by atoms with Crippen LogP contribution in [0.25, 0.3) is 50.3 Å². The van der Waals surface area contributed by atoms with Gasteiger partial charge >= 0.3 is 6.01 Å². The minimum Gasteiger partial charge on any atom is -0.494 e. The minimum absolute atomic E-state index is 0.0386. The van der Waals surface area contributed by atoms with Gasteiger partial charge in [0.05, 0.1) is 54.4 Å². The van der Waals surface area contributed by atoms with Crippen molar-refractivity contribution in [1.29, 1.82) is 0 Å². The molecule has 6 fully saturated rings. The molecule has 4 aliphatic heterocycles. The van der Waals surface area contributed by atoms with Gasteiger partial charge in [-0.2, -0.15) is 4.98 Å². The number of fused-ring (bicyclic) bond motifs is 8. The number of amides is 2. The van der Waals surface area contributed by atoms with Gasteiger partial charge in [-0.3, -0.25) is 9.59 Å². The zero-order chi connectivity index (χ0) is 49.7. The number of likely N-dealkylation sites (N-methyl/N-ethyl adjacent to an activating group) is 1. The number of piperidine rings is 2. The summed E-state index contributed by atoms with van der Waals surface area (Å²) in [5, 5.41) is 8.46. The Hall–Kier alpha value is -6.95. The zero-order valence-electron chi connectivity index (χ0n) is 42.3. The normalized spacial score (nSPS) is 26.1. The van der Waals surface area contributed by atoms with Crippen LogP contribution in [0.5, 0.6) is 11.8 Å². The highest BCUT2D eigenvalue weighted by Crippen LogP contribution is 2.45. The van der Waals surface area contributed by atoms with Crippen molar-refractivity contribution in [2.24, 2.45) is 37.8 Å². The highest BCUT2D eigenvalue weighted by atomic mass is 19.1. The largest absolute Gasteiger partial charge is 0.494 e. The van der Waals surface area contributed by atoms with E-state index in [0.717, 1.165) is 109 Å². The number of hydrogen-bond donors (Lipinski definition) is 2. The number of carbonyl (C=O) groups excluding carboxylic acids is 2. The standard InChI is InChI=1S/C55H62FN13O4/c1-63(2)46-31-12-14-41(46)69(27-31)54(71)34-18-39-48(44(21-34)72-5)65(4)52(61-39)42-19-32-15-36(23-57-49(32)66(42)24-28-7-8-28)59-45-30-11-13-40(45)68(26-30)53(70)33-16-37(56)47-38(17-33)60-51(64(47)3)43-20-35-22-58-55(73-6)62-50(35)67(43)25-29-9-10-29/h15-23,28-31,40-41,45-46,49,57,59H,7-14,24-27H2,1-6H3/t30-,31-,40-,41-,45-,46-,49?/m1/s1. The summed E-state index contributed by atoms with van der Waals surface area (Å²) in [5.74, 6) is 3.35. The van der Waals surface area contributed by atoms with Crippen LogP contribution < -0.4 is 20.1 Å². The maximum Gasteiger partial charge on any atom is 0.318 e. The van der Waals surface area contributed by atoms with Crippen LogP contribution in [-0.4, -0.2) is 143 Å². The Labute approximate surface area is 422 Å². The average Bonchev–Trinajstić information content (AvgIpc) is 3.86. The molecule has 2 amide bonds. The quantitative estimate of drug-likeness (QED) is 0.134. The van der Waals surface area contributed by atoms with Crippen LogP contribution in [-0.2, 0) is 20.6 Å². The summed E-state index contributed by atoms with van der Waals surface area (Å²) in [7, 11) is 11.3. The number of hydrogen-bond acceptors (Lipinski definition) is 12. The molecule has 2 N–H and O–H groups in total. The van der Waals surface area contributed by atoms with Gasteiger partial charge in [0.1, 0.15) is 34.4 Å². The molecule has 378 valence electrons. The van der Waals surface area contributed by atoms with Crippen molar-refractivity contribution < 1.29 is 23.5 Å². The molecule has 18 heteroatoms. The number of benzene rings is 2. The third-order valence-electron chi connectivity index (χ3n) is 17.7. The van der Waals surface area contributed by atoms with Crippen LogP contribution in [0.15, 0.2) is 66.2 Å². The number of carbonyl (C=O) groups is 2. The van der Waals surface area contributed by atoms with E-state index in [4.69, 9.17) is 19.4 Å². The molecule has 73 heavy (non-hydrogen) atoms. The van der Waals surface area contributed by atoms with Crippen molar-refractivity contribution in [3.8, 4) is 23.3 Å². The molecule has 1 unspecified atom stereocenters. The molecule has 0 spiro atoms. The number of ether oxygens (including phenoxy) is 2. The molecular formula is C55H62FN13O4. The number of nitrogens with one attached hydrogen (secondary N) is 2. The van der Waals surface area contributed by atoms with Gasteiger partial charge in [0.15, 0.2) is 11.6 Å². The molecule has 4 aromatic heterocycles. The summed E-state index contributed by atoms with van der Waals surface area (Å²) in [6.45, 7) is 3.05. The Bertz CT molecular complexity index is 3410. The van der Waals surface area contributed by atoms with Crippen LogP contribution in [0.4, 0.5) is 4.39 Å². The van der Waals surface area contributed by atoms with Crippen molar-refractivity contribution in [2.45, 2.75) is 88.2 Å². The van der Waals surface area contributed by atoms with Crippen LogP contribution in [0, 0.1) is 29.5 Å². The predicted molar refractivity (Wildman–Crippen MR) is 274 cm³/mol. The van der Waals surface area contributed by atoms with Gasteiger partial charge in [-0.15, -0.1) is 0 Å². The monoisotopic (exact) mass is 988 g/mol. The summed E-state index contributed by atoms with van der Waals surface area (Å²) in [6, 6.07) is 9.88. The number of aryl methyl sites for hydroxylation is 2. The number of allylic oxidation sites excluding steroid dienone is 1. The van der Waals surface area contributed by atoms with Crippen molar-refractivity contribution in [3.05, 3.63) is 88.9 Å². The van der Waals surface area contributed by atoms with Crippen LogP contribution in [0.3, 0.4) is 0 Å². The van der Waals surface area contributed by atoms with E-state index in [1.54, 1.807) is 31.0 Å². The third-order valence-corrected chi connectivity index (χ3v) is 17.7. The SMILES string of the molecule is COc1ncc2cc(-c3nc4cc(C(=O)N5C[C@H]6CC[C@@H]5[C@@H]6NC5=CNC6C(=C5)C=C(c5nc7cc(C(=O)N8C[C@H]9CC[C@@H]8[C@@H]9N(C)C)cc(OC)c7n5C)N6CC5CC5)cc(F)c4n3C)n(CC3CC3)c2n1. The summed E-state index contributed by atoms with van der Waals surface area (Å²) < 4.78 is 33.8. The lowest BCUT2D eigenvalue weighted by molar-refractivity contribution is 0.0683. The fraction of sp³-hybridized carbons (Fsp3) is 0.491. The Morgan fingerprint density at radius 3 is 2.21 bits per heavy atom. The summed E-state index contributed by atoms with van der Waals surface area (Å²) in [5.41, 5.74) is 8.00. The smallest absolute Gasteiger partial charge is 0.318 e. The average molecular weight is 988 g/mol. The first-order chi connectivity index (χ1) is 35.4. The fourth-order valence-corrected chi connectivity index (χ4v) is 13.9. The van der Waals surface area contributed by atoms with Gasteiger partial charge < -0.3 is 53.4 Å². The lowest BCUT2D eigenvalue weighted by Crippen LogP contribution is -2.46. The number of nitrogens with zero attached hydrogens (tertiary/aromatic N) is 11. The number of likely N-dealkylation sites (tertiary alicyclic amines) is 2. The Morgan fingerprint density at radius 1 is 0.781 bits per heavy atom. The van der Waals surface area contributed by atoms with E-state index in [1.807, 2.05) is 37.2 Å². The molecule has 4 bridgehead atoms. The first-order valence-electron chi connectivity index (χ1n) is 26.3. The highest BCUT2D eigenvalue weighted by Gasteiger charge is 2.51. The maximum absolute atomic E-state index is 16.3. The van der Waals surface area contributed by atoms with E-state index in [-0.39, 0.29) is 42.0 Å². The van der Waals surface area contributed by atoms with E-state index in [1.165, 1.54) is 18.9 Å². The lowest BCUT2D eigenvalue weighted by Gasteiger charge is -2.33. The van der Waals surface area contributed by atoms with Gasteiger partial charge in [0, 0.05) is 81.3 Å². The predicted octanol–water partition coefficient (Wildman–Crippen LogP) is 6.26. The molecule has 8 heterocycles. The molecule has 8 aliphatic rings. The Balaban J connectivity index is 0.720. The number of halogens is 1. The second-order valence-corrected chi connectivity index (χ2v) is 22.4. The van der Waals surface area contributed by atoms with Crippen LogP contribution >= 0.6 is 0 Å². The third kappa shape index (κ3) is 7.08. The van der Waals surface area contributed by atoms with E-state index < -0.39 is 5.82 Å². The van der Waals surface area contributed by atoms with E-state index in [9.17, 15) is 9.59 Å². The fourth-order valence-electron chi connectivity index (χ4n) is 13.9. The van der Waals surface area contributed by atoms with Gasteiger partial charge in [0.25, 0.3) is 11.8 Å². The summed E-state index contributed by atoms with van der Waals surface area (Å²) in [4.78, 5) is 56.8. The Kier molecular flexibility index (Phi) is 10.1. The molecule has 2 saturated heterocycles. The van der Waals surface area contributed by atoms with E-state index >= 15 is 4.39 Å². The molecule has 0 radical (unpaired) electrons. The van der Waals surface area contributed by atoms with Crippen LogP contribution in [0.2, 0.25) is 0 Å². The van der Waals surface area contributed by atoms with Gasteiger partial charge in [-0.25, -0.2) is 19.3 Å². The summed E-state index contributed by atoms with van der Waals surface area (Å²) in [6.07, 6.45) is 17.0. The number of rotatable bonds is 13. The first kappa shape index (κ1) is 44.7. The first-order valence-corrected chi connectivity index (χ1v) is 26.3. The number of aromatic nitrogens is 7. The van der Waals surface area contributed by atoms with Gasteiger partial charge in [-0.05, 0) is 137 Å². The molecule has 4 aliphatic carbocycles. The molecule has 17 nitrogen and oxygen atoms in total. The van der Waals surface area contributed by atoms with E-state index in [2.05, 4.69) is 76.9 Å². The van der Waals surface area contributed by atoms with Gasteiger partial charge in [-0.1, -0.05) is 0 Å². The van der Waals surface area contributed by atoms with Gasteiger partial charge in [0.2, 0.25) is 0 Å². The van der Waals surface area contributed by atoms with Crippen molar-refractivity contribution in [2.75, 3.05) is 47.9 Å². The minimum atomic E-state index is -0.480. The lowest BCUT2D eigenvalue weighted by atomic mass is 10.0. The second-order valence-electron chi connectivity index (χ2n) is 22.4. The highest BCUT2D eigenvalue weighted by molar-refractivity contribution is 6.01. The van der Waals surface area contributed by atoms with Crippen LogP contribution in [0.1, 0.15) is 77.9 Å².